The molecule has 3 rings (SSSR count). The summed E-state index contributed by atoms with van der Waals surface area (Å²) in [5.41, 5.74) is 1.24. The van der Waals surface area contributed by atoms with E-state index in [4.69, 9.17) is 9.47 Å². The number of nitrogens with one attached hydrogen (secondary N) is 1. The quantitative estimate of drug-likeness (QED) is 0.861. The predicted molar refractivity (Wildman–Crippen MR) is 87.0 cm³/mol. The predicted octanol–water partition coefficient (Wildman–Crippen LogP) is 0.647. The molecule has 3 heterocycles. The number of amides is 1. The number of morpholine rings is 1. The van der Waals surface area contributed by atoms with E-state index in [-0.39, 0.29) is 11.6 Å². The van der Waals surface area contributed by atoms with Gasteiger partial charge in [0.1, 0.15) is 17.8 Å². The van der Waals surface area contributed by atoms with Crippen LogP contribution in [0.2, 0.25) is 0 Å². The fourth-order valence-electron chi connectivity index (χ4n) is 2.38. The Morgan fingerprint density at radius 2 is 2.12 bits per heavy atom. The highest BCUT2D eigenvalue weighted by Gasteiger charge is 2.13. The largest absolute Gasteiger partial charge is 0.481 e. The molecule has 0 saturated carbocycles. The van der Waals surface area contributed by atoms with Crippen molar-refractivity contribution in [3.05, 3.63) is 42.0 Å². The summed E-state index contributed by atoms with van der Waals surface area (Å²) in [7, 11) is 1.49. The van der Waals surface area contributed by atoms with Crippen molar-refractivity contribution in [2.75, 3.05) is 38.3 Å². The number of methoxy groups -OCH3 is 1. The summed E-state index contributed by atoms with van der Waals surface area (Å²) >= 11 is 0. The molecule has 8 heteroatoms. The number of carbonyl (C=O) groups is 1. The van der Waals surface area contributed by atoms with E-state index in [1.165, 1.54) is 19.5 Å². The molecule has 1 saturated heterocycles. The van der Waals surface area contributed by atoms with Gasteiger partial charge in [-0.25, -0.2) is 15.0 Å². The van der Waals surface area contributed by atoms with Gasteiger partial charge in [0, 0.05) is 31.9 Å². The van der Waals surface area contributed by atoms with Gasteiger partial charge in [0.2, 0.25) is 5.88 Å². The second kappa shape index (κ2) is 7.69. The molecule has 8 nitrogen and oxygen atoms in total. The van der Waals surface area contributed by atoms with E-state index in [1.807, 2.05) is 12.1 Å². The van der Waals surface area contributed by atoms with Gasteiger partial charge < -0.3 is 19.7 Å². The van der Waals surface area contributed by atoms with Gasteiger partial charge in [0.25, 0.3) is 5.91 Å². The van der Waals surface area contributed by atoms with Crippen molar-refractivity contribution in [2.45, 2.75) is 6.54 Å². The lowest BCUT2D eigenvalue weighted by atomic mass is 10.2. The first-order chi connectivity index (χ1) is 11.8. The molecule has 1 amide bonds. The maximum absolute atomic E-state index is 12.2. The third-order valence-corrected chi connectivity index (χ3v) is 3.68. The summed E-state index contributed by atoms with van der Waals surface area (Å²) < 4.78 is 10.3. The van der Waals surface area contributed by atoms with E-state index in [1.54, 1.807) is 6.20 Å². The highest BCUT2D eigenvalue weighted by atomic mass is 16.5. The number of aromatic nitrogens is 3. The molecule has 1 fully saturated rings. The van der Waals surface area contributed by atoms with Crippen LogP contribution in [0, 0.1) is 0 Å². The Hall–Kier alpha value is -2.74. The molecular formula is C16H19N5O3. The minimum absolute atomic E-state index is 0.268. The lowest BCUT2D eigenvalue weighted by Gasteiger charge is -2.28. The fourth-order valence-corrected chi connectivity index (χ4v) is 2.38. The number of pyridine rings is 1. The van der Waals surface area contributed by atoms with Gasteiger partial charge >= 0.3 is 0 Å². The van der Waals surface area contributed by atoms with Gasteiger partial charge in [-0.1, -0.05) is 0 Å². The van der Waals surface area contributed by atoms with Crippen molar-refractivity contribution in [1.82, 2.24) is 20.3 Å². The van der Waals surface area contributed by atoms with Crippen molar-refractivity contribution >= 4 is 11.7 Å². The van der Waals surface area contributed by atoms with E-state index in [2.05, 4.69) is 25.2 Å². The minimum atomic E-state index is -0.277. The summed E-state index contributed by atoms with van der Waals surface area (Å²) in [6.45, 7) is 3.45. The molecule has 1 N–H and O–H groups in total. The van der Waals surface area contributed by atoms with Crippen LogP contribution in [0.4, 0.5) is 5.82 Å². The average molecular weight is 329 g/mol. The third-order valence-electron chi connectivity index (χ3n) is 3.68. The lowest BCUT2D eigenvalue weighted by molar-refractivity contribution is 0.0945. The molecule has 0 unspecified atom stereocenters. The van der Waals surface area contributed by atoms with Gasteiger partial charge in [0.05, 0.1) is 20.3 Å². The summed E-state index contributed by atoms with van der Waals surface area (Å²) in [6, 6.07) is 5.36. The van der Waals surface area contributed by atoms with Crippen LogP contribution < -0.4 is 15.0 Å². The second-order valence-corrected chi connectivity index (χ2v) is 5.25. The molecule has 1 aliphatic rings. The molecular weight excluding hydrogens is 310 g/mol. The highest BCUT2D eigenvalue weighted by Crippen LogP contribution is 2.14. The molecule has 126 valence electrons. The molecule has 2 aromatic rings. The molecule has 0 bridgehead atoms. The standard InChI is InChI=1S/C16H19N5O3/c1-23-15-9-13(19-11-20-15)16(22)18-10-12-2-3-17-14(8-12)21-4-6-24-7-5-21/h2-3,8-9,11H,4-7,10H2,1H3,(H,18,22). The molecule has 1 aliphatic heterocycles. The van der Waals surface area contributed by atoms with Crippen LogP contribution in [0.25, 0.3) is 0 Å². The van der Waals surface area contributed by atoms with E-state index in [0.29, 0.717) is 25.6 Å². The summed E-state index contributed by atoms with van der Waals surface area (Å²) in [4.78, 5) is 26.6. The number of anilines is 1. The summed E-state index contributed by atoms with van der Waals surface area (Å²) in [5.74, 6) is 0.975. The SMILES string of the molecule is COc1cc(C(=O)NCc2ccnc(N3CCOCC3)c2)ncn1. The summed E-state index contributed by atoms with van der Waals surface area (Å²) in [5, 5.41) is 2.84. The van der Waals surface area contributed by atoms with Gasteiger partial charge in [-0.05, 0) is 17.7 Å². The van der Waals surface area contributed by atoms with Crippen LogP contribution in [-0.2, 0) is 11.3 Å². The second-order valence-electron chi connectivity index (χ2n) is 5.25. The monoisotopic (exact) mass is 329 g/mol. The average Bonchev–Trinajstić information content (AvgIpc) is 2.67. The summed E-state index contributed by atoms with van der Waals surface area (Å²) in [6.07, 6.45) is 3.05. The Morgan fingerprint density at radius 3 is 2.92 bits per heavy atom. The number of hydrogen-bond donors (Lipinski definition) is 1. The number of hydrogen-bond acceptors (Lipinski definition) is 7. The molecule has 0 atom stereocenters. The number of rotatable bonds is 5. The molecule has 0 aromatic carbocycles. The van der Waals surface area contributed by atoms with Crippen LogP contribution in [0.5, 0.6) is 5.88 Å². The van der Waals surface area contributed by atoms with E-state index >= 15 is 0 Å². The topological polar surface area (TPSA) is 89.5 Å². The van der Waals surface area contributed by atoms with Crippen molar-refractivity contribution in [1.29, 1.82) is 0 Å². The van der Waals surface area contributed by atoms with E-state index in [9.17, 15) is 4.79 Å². The molecule has 2 aromatic heterocycles. The van der Waals surface area contributed by atoms with E-state index < -0.39 is 0 Å². The fraction of sp³-hybridized carbons (Fsp3) is 0.375. The Bertz CT molecular complexity index is 704. The van der Waals surface area contributed by atoms with Gasteiger partial charge in [0.15, 0.2) is 0 Å². The normalized spacial score (nSPS) is 14.3. The first-order valence-electron chi connectivity index (χ1n) is 7.68. The van der Waals surface area contributed by atoms with Crippen molar-refractivity contribution in [3.63, 3.8) is 0 Å². The first-order valence-corrected chi connectivity index (χ1v) is 7.68. The Balaban J connectivity index is 1.62. The van der Waals surface area contributed by atoms with Gasteiger partial charge in [-0.15, -0.1) is 0 Å². The number of carbonyl (C=O) groups excluding carboxylic acids is 1. The van der Waals surface area contributed by atoms with Crippen molar-refractivity contribution in [3.8, 4) is 5.88 Å². The lowest BCUT2D eigenvalue weighted by Crippen LogP contribution is -2.36. The van der Waals surface area contributed by atoms with Gasteiger partial charge in [-0.3, -0.25) is 4.79 Å². The Kier molecular flexibility index (Phi) is 5.17. The van der Waals surface area contributed by atoms with Crippen LogP contribution >= 0.6 is 0 Å². The van der Waals surface area contributed by atoms with Crippen LogP contribution in [-0.4, -0.2) is 54.3 Å². The first kappa shape index (κ1) is 16.1. The zero-order valence-corrected chi connectivity index (χ0v) is 13.4. The maximum atomic E-state index is 12.2. The third kappa shape index (κ3) is 3.96. The van der Waals surface area contributed by atoms with Crippen LogP contribution in [0.15, 0.2) is 30.7 Å². The zero-order chi connectivity index (χ0) is 16.8. The Morgan fingerprint density at radius 1 is 1.29 bits per heavy atom. The van der Waals surface area contributed by atoms with E-state index in [0.717, 1.165) is 24.5 Å². The highest BCUT2D eigenvalue weighted by molar-refractivity contribution is 5.92. The van der Waals surface area contributed by atoms with Crippen LogP contribution in [0.1, 0.15) is 16.1 Å². The zero-order valence-electron chi connectivity index (χ0n) is 13.4. The molecule has 24 heavy (non-hydrogen) atoms. The van der Waals surface area contributed by atoms with Crippen LogP contribution in [0.3, 0.4) is 0 Å². The number of nitrogens with zero attached hydrogens (tertiary/aromatic N) is 4. The number of ether oxygens (including phenoxy) is 2. The minimum Gasteiger partial charge on any atom is -0.481 e. The Labute approximate surface area is 139 Å². The molecule has 0 spiro atoms. The van der Waals surface area contributed by atoms with Crippen molar-refractivity contribution in [2.24, 2.45) is 0 Å². The molecule has 0 radical (unpaired) electrons. The maximum Gasteiger partial charge on any atom is 0.270 e. The van der Waals surface area contributed by atoms with Gasteiger partial charge in [-0.2, -0.15) is 0 Å². The smallest absolute Gasteiger partial charge is 0.270 e. The molecule has 0 aliphatic carbocycles. The van der Waals surface area contributed by atoms with Crippen molar-refractivity contribution < 1.29 is 14.3 Å².